The monoisotopic (exact) mass is 416 g/mol. The van der Waals surface area contributed by atoms with Crippen LogP contribution in [-0.4, -0.2) is 25.8 Å². The molecule has 1 aliphatic heterocycles. The van der Waals surface area contributed by atoms with E-state index in [1.807, 2.05) is 51.9 Å². The van der Waals surface area contributed by atoms with Gasteiger partial charge in [-0.05, 0) is 66.5 Å². The summed E-state index contributed by atoms with van der Waals surface area (Å²) in [4.78, 5) is 4.12. The molecule has 1 atom stereocenters. The van der Waals surface area contributed by atoms with E-state index in [1.165, 1.54) is 18.4 Å². The summed E-state index contributed by atoms with van der Waals surface area (Å²) in [7, 11) is 1.97. The molecule has 1 aliphatic carbocycles. The van der Waals surface area contributed by atoms with Crippen molar-refractivity contribution in [2.24, 2.45) is 13.0 Å². The standard InChI is InChI=1S/C20H21ClN4S2/c1-23-19(14-4-2-3-5-16(14)21)22-25(20(23)26)12-24-10-8-17-15(9-11-27-17)18(24)13-6-7-13/h2-5,9,11,13,18H,6-8,10,12H2,1H3/t18-/m0/s1. The quantitative estimate of drug-likeness (QED) is 0.540. The summed E-state index contributed by atoms with van der Waals surface area (Å²) in [5.74, 6) is 1.60. The van der Waals surface area contributed by atoms with Gasteiger partial charge in [-0.1, -0.05) is 23.7 Å². The van der Waals surface area contributed by atoms with E-state index in [4.69, 9.17) is 28.9 Å². The molecular formula is C20H21ClN4S2. The first-order valence-corrected chi connectivity index (χ1v) is 11.0. The number of aromatic nitrogens is 3. The van der Waals surface area contributed by atoms with Gasteiger partial charge in [0.2, 0.25) is 0 Å². The van der Waals surface area contributed by atoms with Crippen LogP contribution < -0.4 is 0 Å². The van der Waals surface area contributed by atoms with Gasteiger partial charge in [-0.25, -0.2) is 4.68 Å². The van der Waals surface area contributed by atoms with Crippen LogP contribution in [0.2, 0.25) is 5.02 Å². The van der Waals surface area contributed by atoms with Gasteiger partial charge in [-0.2, -0.15) is 5.10 Å². The maximum atomic E-state index is 6.40. The highest BCUT2D eigenvalue weighted by Crippen LogP contribution is 2.48. The second-order valence-electron chi connectivity index (χ2n) is 7.43. The van der Waals surface area contributed by atoms with Crippen molar-refractivity contribution in [1.82, 2.24) is 19.2 Å². The third-order valence-corrected chi connectivity index (χ3v) is 7.47. The van der Waals surface area contributed by atoms with Crippen molar-refractivity contribution in [1.29, 1.82) is 0 Å². The van der Waals surface area contributed by atoms with Crippen LogP contribution in [0, 0.1) is 10.7 Å². The van der Waals surface area contributed by atoms with E-state index in [0.717, 1.165) is 41.7 Å². The molecule has 0 unspecified atom stereocenters. The van der Waals surface area contributed by atoms with Crippen molar-refractivity contribution in [2.45, 2.75) is 32.0 Å². The van der Waals surface area contributed by atoms with E-state index in [-0.39, 0.29) is 0 Å². The molecule has 0 saturated heterocycles. The SMILES string of the molecule is Cn1c(-c2ccccc2Cl)nn(CN2CCc3sccc3[C@@H]2C2CC2)c1=S. The molecule has 0 amide bonds. The fourth-order valence-electron chi connectivity index (χ4n) is 4.15. The van der Waals surface area contributed by atoms with E-state index in [0.29, 0.717) is 11.1 Å². The van der Waals surface area contributed by atoms with E-state index in [1.54, 1.807) is 4.88 Å². The molecule has 3 heterocycles. The normalized spacial score (nSPS) is 20.0. The van der Waals surface area contributed by atoms with Crippen LogP contribution in [0.3, 0.4) is 0 Å². The number of hydrogen-bond donors (Lipinski definition) is 0. The lowest BCUT2D eigenvalue weighted by molar-refractivity contribution is 0.117. The van der Waals surface area contributed by atoms with Gasteiger partial charge in [0, 0.05) is 30.1 Å². The molecule has 3 aromatic rings. The predicted octanol–water partition coefficient (Wildman–Crippen LogP) is 5.30. The van der Waals surface area contributed by atoms with E-state index >= 15 is 0 Å². The number of fused-ring (bicyclic) bond motifs is 1. The predicted molar refractivity (Wildman–Crippen MR) is 113 cm³/mol. The Kier molecular flexibility index (Phi) is 4.47. The highest BCUT2D eigenvalue weighted by atomic mass is 35.5. The van der Waals surface area contributed by atoms with Crippen LogP contribution in [0.5, 0.6) is 0 Å². The highest BCUT2D eigenvalue weighted by molar-refractivity contribution is 7.71. The summed E-state index contributed by atoms with van der Waals surface area (Å²) >= 11 is 14.0. The van der Waals surface area contributed by atoms with Gasteiger partial charge in [0.25, 0.3) is 0 Å². The Hall–Kier alpha value is -1.47. The third kappa shape index (κ3) is 3.09. The number of benzene rings is 1. The first-order valence-electron chi connectivity index (χ1n) is 9.32. The second-order valence-corrected chi connectivity index (χ2v) is 9.20. The Morgan fingerprint density at radius 2 is 2.07 bits per heavy atom. The summed E-state index contributed by atoms with van der Waals surface area (Å²) in [6.45, 7) is 1.79. The molecule has 0 N–H and O–H groups in total. The largest absolute Gasteiger partial charge is 0.303 e. The van der Waals surface area contributed by atoms with Gasteiger partial charge in [0.15, 0.2) is 10.6 Å². The van der Waals surface area contributed by atoms with Gasteiger partial charge in [-0.15, -0.1) is 11.3 Å². The molecule has 2 aliphatic rings. The van der Waals surface area contributed by atoms with E-state index in [2.05, 4.69) is 16.3 Å². The summed E-state index contributed by atoms with van der Waals surface area (Å²) in [6.07, 6.45) is 3.78. The lowest BCUT2D eigenvalue weighted by Crippen LogP contribution is -2.37. The molecular weight excluding hydrogens is 396 g/mol. The first kappa shape index (κ1) is 17.6. The lowest BCUT2D eigenvalue weighted by atomic mass is 9.96. The lowest BCUT2D eigenvalue weighted by Gasteiger charge is -2.35. The number of halogens is 1. The van der Waals surface area contributed by atoms with Gasteiger partial charge in [-0.3, -0.25) is 4.90 Å². The molecule has 0 bridgehead atoms. The molecule has 0 radical (unpaired) electrons. The average molecular weight is 417 g/mol. The fraction of sp³-hybridized carbons (Fsp3) is 0.400. The van der Waals surface area contributed by atoms with Crippen molar-refractivity contribution >= 4 is 35.2 Å². The van der Waals surface area contributed by atoms with Crippen LogP contribution in [-0.2, 0) is 20.1 Å². The van der Waals surface area contributed by atoms with Crippen molar-refractivity contribution in [3.8, 4) is 11.4 Å². The summed E-state index contributed by atoms with van der Waals surface area (Å²) in [6, 6.07) is 10.6. The zero-order chi connectivity index (χ0) is 18.5. The van der Waals surface area contributed by atoms with Crippen LogP contribution in [0.4, 0.5) is 0 Å². The Morgan fingerprint density at radius 1 is 1.26 bits per heavy atom. The Labute approximate surface area is 173 Å². The molecule has 140 valence electrons. The van der Waals surface area contributed by atoms with Gasteiger partial charge in [0.1, 0.15) is 0 Å². The maximum absolute atomic E-state index is 6.40. The smallest absolute Gasteiger partial charge is 0.199 e. The molecule has 1 fully saturated rings. The summed E-state index contributed by atoms with van der Waals surface area (Å²) in [5, 5.41) is 7.78. The number of nitrogens with zero attached hydrogens (tertiary/aromatic N) is 4. The van der Waals surface area contributed by atoms with Gasteiger partial charge in [0.05, 0.1) is 11.7 Å². The van der Waals surface area contributed by atoms with E-state index in [9.17, 15) is 0 Å². The third-order valence-electron chi connectivity index (χ3n) is 5.66. The van der Waals surface area contributed by atoms with Crippen LogP contribution in [0.15, 0.2) is 35.7 Å². The maximum Gasteiger partial charge on any atom is 0.199 e. The Morgan fingerprint density at radius 3 is 2.85 bits per heavy atom. The molecule has 1 saturated carbocycles. The van der Waals surface area contributed by atoms with Crippen molar-refractivity contribution in [2.75, 3.05) is 6.54 Å². The number of rotatable bonds is 4. The van der Waals surface area contributed by atoms with Crippen molar-refractivity contribution in [3.05, 3.63) is 55.9 Å². The minimum atomic E-state index is 0.507. The summed E-state index contributed by atoms with van der Waals surface area (Å²) in [5.41, 5.74) is 2.45. The minimum Gasteiger partial charge on any atom is -0.303 e. The van der Waals surface area contributed by atoms with Gasteiger partial charge >= 0.3 is 0 Å². The molecule has 5 rings (SSSR count). The van der Waals surface area contributed by atoms with E-state index < -0.39 is 0 Å². The van der Waals surface area contributed by atoms with Gasteiger partial charge < -0.3 is 4.57 Å². The van der Waals surface area contributed by atoms with Crippen LogP contribution in [0.25, 0.3) is 11.4 Å². The Bertz CT molecular complexity index is 1050. The molecule has 0 spiro atoms. The molecule has 1 aromatic carbocycles. The number of thiophene rings is 1. The fourth-order valence-corrected chi connectivity index (χ4v) is 5.47. The first-order chi connectivity index (χ1) is 13.1. The summed E-state index contributed by atoms with van der Waals surface area (Å²) < 4.78 is 4.65. The topological polar surface area (TPSA) is 26.0 Å². The van der Waals surface area contributed by atoms with Crippen molar-refractivity contribution < 1.29 is 0 Å². The highest BCUT2D eigenvalue weighted by Gasteiger charge is 2.40. The Balaban J connectivity index is 1.49. The van der Waals surface area contributed by atoms with Crippen LogP contribution in [0.1, 0.15) is 29.3 Å². The molecule has 7 heteroatoms. The zero-order valence-electron chi connectivity index (χ0n) is 15.1. The second kappa shape index (κ2) is 6.85. The molecule has 4 nitrogen and oxygen atoms in total. The molecule has 27 heavy (non-hydrogen) atoms. The molecule has 2 aromatic heterocycles. The minimum absolute atomic E-state index is 0.507. The van der Waals surface area contributed by atoms with Crippen molar-refractivity contribution in [3.63, 3.8) is 0 Å². The number of hydrogen-bond acceptors (Lipinski definition) is 4. The van der Waals surface area contributed by atoms with Crippen LogP contribution >= 0.6 is 35.2 Å². The average Bonchev–Trinajstić information content (AvgIpc) is 3.33. The zero-order valence-corrected chi connectivity index (χ0v) is 17.5.